The van der Waals surface area contributed by atoms with Gasteiger partial charge >= 0.3 is 5.97 Å². The van der Waals surface area contributed by atoms with Crippen LogP contribution in [0.25, 0.3) is 11.1 Å². The number of aromatic hydroxyl groups is 1. The maximum Gasteiger partial charge on any atom is 0.336 e. The SMILES string of the molecule is CC(C)(C)c1ccccc1-c1c(C(=O)O)cc(C(C)(C)C)c(O)c1C(C)(C)C. The molecule has 3 heteroatoms. The monoisotopic (exact) mass is 382 g/mol. The molecule has 0 radical (unpaired) electrons. The van der Waals surface area contributed by atoms with Gasteiger partial charge in [0.05, 0.1) is 5.56 Å². The molecule has 0 saturated heterocycles. The molecule has 0 saturated carbocycles. The summed E-state index contributed by atoms with van der Waals surface area (Å²) >= 11 is 0. The van der Waals surface area contributed by atoms with Crippen molar-refractivity contribution in [1.29, 1.82) is 0 Å². The number of carbonyl (C=O) groups is 1. The molecule has 0 spiro atoms. The minimum Gasteiger partial charge on any atom is -0.507 e. The Labute approximate surface area is 169 Å². The highest BCUT2D eigenvalue weighted by Gasteiger charge is 2.34. The van der Waals surface area contributed by atoms with Gasteiger partial charge in [0.2, 0.25) is 0 Å². The Bertz CT molecular complexity index is 901. The van der Waals surface area contributed by atoms with Gasteiger partial charge in [0, 0.05) is 16.7 Å². The molecule has 28 heavy (non-hydrogen) atoms. The third kappa shape index (κ3) is 4.09. The van der Waals surface area contributed by atoms with Crippen molar-refractivity contribution in [3.05, 3.63) is 52.6 Å². The van der Waals surface area contributed by atoms with Crippen LogP contribution in [-0.4, -0.2) is 16.2 Å². The molecule has 2 aromatic carbocycles. The van der Waals surface area contributed by atoms with Gasteiger partial charge in [-0.25, -0.2) is 4.79 Å². The van der Waals surface area contributed by atoms with E-state index in [-0.39, 0.29) is 22.1 Å². The highest BCUT2D eigenvalue weighted by Crippen LogP contribution is 2.48. The number of hydrogen-bond donors (Lipinski definition) is 2. The van der Waals surface area contributed by atoms with Gasteiger partial charge < -0.3 is 10.2 Å². The second-order valence-corrected chi connectivity index (χ2v) is 10.7. The van der Waals surface area contributed by atoms with Crippen molar-refractivity contribution < 1.29 is 15.0 Å². The van der Waals surface area contributed by atoms with E-state index in [1.54, 1.807) is 6.07 Å². The van der Waals surface area contributed by atoms with Crippen LogP contribution in [-0.2, 0) is 16.2 Å². The van der Waals surface area contributed by atoms with E-state index in [0.717, 1.165) is 11.1 Å². The number of benzene rings is 2. The smallest absolute Gasteiger partial charge is 0.336 e. The highest BCUT2D eigenvalue weighted by atomic mass is 16.4. The predicted octanol–water partition coefficient (Wildman–Crippen LogP) is 6.65. The van der Waals surface area contributed by atoms with Crippen molar-refractivity contribution in [1.82, 2.24) is 0 Å². The van der Waals surface area contributed by atoms with E-state index in [4.69, 9.17) is 0 Å². The van der Waals surface area contributed by atoms with Gasteiger partial charge in [-0.1, -0.05) is 86.6 Å². The summed E-state index contributed by atoms with van der Waals surface area (Å²) in [6.07, 6.45) is 0. The Hall–Kier alpha value is -2.29. The molecular formula is C25H34O3. The fraction of sp³-hybridized carbons (Fsp3) is 0.480. The third-order valence-electron chi connectivity index (χ3n) is 5.09. The summed E-state index contributed by atoms with van der Waals surface area (Å²) in [5.74, 6) is -0.779. The summed E-state index contributed by atoms with van der Waals surface area (Å²) in [4.78, 5) is 12.3. The molecule has 0 atom stereocenters. The zero-order valence-corrected chi connectivity index (χ0v) is 18.7. The lowest BCUT2D eigenvalue weighted by Crippen LogP contribution is -2.22. The first-order valence-corrected chi connectivity index (χ1v) is 9.81. The Kier molecular flexibility index (Phi) is 5.46. The molecule has 0 unspecified atom stereocenters. The Morgan fingerprint density at radius 2 is 1.29 bits per heavy atom. The molecular weight excluding hydrogens is 348 g/mol. The van der Waals surface area contributed by atoms with E-state index in [9.17, 15) is 15.0 Å². The molecule has 2 aromatic rings. The van der Waals surface area contributed by atoms with Gasteiger partial charge in [0.25, 0.3) is 0 Å². The second-order valence-electron chi connectivity index (χ2n) is 10.7. The van der Waals surface area contributed by atoms with Crippen LogP contribution in [0.2, 0.25) is 0 Å². The Morgan fingerprint density at radius 1 is 0.786 bits per heavy atom. The molecule has 3 nitrogen and oxygen atoms in total. The lowest BCUT2D eigenvalue weighted by atomic mass is 9.72. The summed E-state index contributed by atoms with van der Waals surface area (Å²) < 4.78 is 0. The highest BCUT2D eigenvalue weighted by molar-refractivity contribution is 5.99. The average Bonchev–Trinajstić information content (AvgIpc) is 2.50. The van der Waals surface area contributed by atoms with Crippen molar-refractivity contribution >= 4 is 5.97 Å². The molecule has 0 fully saturated rings. The molecule has 0 heterocycles. The molecule has 0 bridgehead atoms. The first-order valence-electron chi connectivity index (χ1n) is 9.81. The standard InChI is InChI=1S/C25H34O3/c1-23(2,3)17-13-11-10-12-15(17)19-16(22(27)28)14-18(24(4,5)6)21(26)20(19)25(7,8)9/h10-14,26H,1-9H3,(H,27,28). The maximum absolute atomic E-state index is 12.3. The largest absolute Gasteiger partial charge is 0.507 e. The molecule has 0 aromatic heterocycles. The first-order chi connectivity index (χ1) is 12.6. The van der Waals surface area contributed by atoms with Crippen LogP contribution in [0.4, 0.5) is 0 Å². The van der Waals surface area contributed by atoms with Crippen molar-refractivity contribution in [3.63, 3.8) is 0 Å². The quantitative estimate of drug-likeness (QED) is 0.611. The van der Waals surface area contributed by atoms with Crippen LogP contribution in [0.5, 0.6) is 5.75 Å². The number of aromatic carboxylic acids is 1. The van der Waals surface area contributed by atoms with Crippen molar-refractivity contribution in [2.24, 2.45) is 0 Å². The molecule has 0 amide bonds. The van der Waals surface area contributed by atoms with E-state index in [1.165, 1.54) is 0 Å². The molecule has 0 aliphatic rings. The Balaban J connectivity index is 3.13. The van der Waals surface area contributed by atoms with E-state index in [2.05, 4.69) is 20.8 Å². The fourth-order valence-electron chi connectivity index (χ4n) is 3.78. The summed E-state index contributed by atoms with van der Waals surface area (Å²) in [5.41, 5.74) is 3.16. The van der Waals surface area contributed by atoms with Crippen LogP contribution in [0.3, 0.4) is 0 Å². The number of hydrogen-bond acceptors (Lipinski definition) is 2. The third-order valence-corrected chi connectivity index (χ3v) is 5.09. The van der Waals surface area contributed by atoms with Crippen LogP contribution in [0.1, 0.15) is 89.4 Å². The van der Waals surface area contributed by atoms with E-state index in [0.29, 0.717) is 16.7 Å². The summed E-state index contributed by atoms with van der Waals surface area (Å²) in [7, 11) is 0. The lowest BCUT2D eigenvalue weighted by molar-refractivity contribution is 0.0697. The average molecular weight is 383 g/mol. The summed E-state index contributed by atoms with van der Waals surface area (Å²) in [5, 5.41) is 21.4. The van der Waals surface area contributed by atoms with Gasteiger partial charge in [-0.2, -0.15) is 0 Å². The van der Waals surface area contributed by atoms with E-state index < -0.39 is 11.4 Å². The fourth-order valence-corrected chi connectivity index (χ4v) is 3.78. The number of rotatable bonds is 2. The van der Waals surface area contributed by atoms with Crippen molar-refractivity contribution in [2.75, 3.05) is 0 Å². The minimum absolute atomic E-state index is 0.167. The normalized spacial score (nSPS) is 12.9. The van der Waals surface area contributed by atoms with E-state index in [1.807, 2.05) is 65.8 Å². The number of carboxylic acid groups (broad SMARTS) is 1. The zero-order valence-electron chi connectivity index (χ0n) is 18.7. The Morgan fingerprint density at radius 3 is 1.71 bits per heavy atom. The van der Waals surface area contributed by atoms with Gasteiger partial charge in [-0.05, 0) is 33.4 Å². The van der Waals surface area contributed by atoms with E-state index >= 15 is 0 Å². The van der Waals surface area contributed by atoms with Gasteiger partial charge in [-0.3, -0.25) is 0 Å². The maximum atomic E-state index is 12.3. The van der Waals surface area contributed by atoms with Crippen LogP contribution < -0.4 is 0 Å². The first kappa shape index (κ1) is 22.0. The molecule has 0 aliphatic carbocycles. The van der Waals surface area contributed by atoms with Gasteiger partial charge in [-0.15, -0.1) is 0 Å². The zero-order chi connectivity index (χ0) is 21.7. The number of phenolic OH excluding ortho intramolecular Hbond substituents is 1. The van der Waals surface area contributed by atoms with Crippen molar-refractivity contribution in [2.45, 2.75) is 78.6 Å². The van der Waals surface area contributed by atoms with Crippen LogP contribution >= 0.6 is 0 Å². The van der Waals surface area contributed by atoms with Gasteiger partial charge in [0.1, 0.15) is 5.75 Å². The molecule has 2 N–H and O–H groups in total. The predicted molar refractivity (Wildman–Crippen MR) is 117 cm³/mol. The van der Waals surface area contributed by atoms with Crippen LogP contribution in [0, 0.1) is 0 Å². The summed E-state index contributed by atoms with van der Waals surface area (Å²) in [6.45, 7) is 18.4. The molecule has 2 rings (SSSR count). The van der Waals surface area contributed by atoms with Crippen molar-refractivity contribution in [3.8, 4) is 16.9 Å². The molecule has 0 aliphatic heterocycles. The van der Waals surface area contributed by atoms with Crippen LogP contribution in [0.15, 0.2) is 30.3 Å². The second kappa shape index (κ2) is 6.95. The topological polar surface area (TPSA) is 57.5 Å². The van der Waals surface area contributed by atoms with Gasteiger partial charge in [0.15, 0.2) is 0 Å². The minimum atomic E-state index is -0.977. The molecule has 152 valence electrons. The lowest BCUT2D eigenvalue weighted by Gasteiger charge is -2.32. The number of phenols is 1. The number of carboxylic acids is 1. The summed E-state index contributed by atoms with van der Waals surface area (Å²) in [6, 6.07) is 9.57.